The molecule has 0 aliphatic heterocycles. The maximum Gasteiger partial charge on any atom is 0.394 e. The summed E-state index contributed by atoms with van der Waals surface area (Å²) < 4.78 is 38.5. The van der Waals surface area contributed by atoms with Gasteiger partial charge in [0, 0.05) is 0 Å². The Labute approximate surface area is 338 Å². The Hall–Kier alpha value is -0.210. The molecule has 324 valence electrons. The Morgan fingerprint density at radius 1 is 0.463 bits per heavy atom. The van der Waals surface area contributed by atoms with Crippen LogP contribution >= 0.6 is 0 Å². The molecule has 0 saturated heterocycles. The third-order valence-electron chi connectivity index (χ3n) is 16.9. The van der Waals surface area contributed by atoms with E-state index in [1.165, 1.54) is 141 Å². The third kappa shape index (κ3) is 17.7. The lowest BCUT2D eigenvalue weighted by Gasteiger charge is -2.44. The smallest absolute Gasteiger partial charge is 0.171 e. The first kappa shape index (κ1) is 51.8. The third-order valence-corrected chi connectivity index (χ3v) is 16.9. The van der Waals surface area contributed by atoms with Crippen LogP contribution in [-0.2, 0) is 0 Å². The van der Waals surface area contributed by atoms with Crippen molar-refractivity contribution in [3.63, 3.8) is 0 Å². The fourth-order valence-electron chi connectivity index (χ4n) is 10.7. The monoisotopic (exact) mass is 769 g/mol. The van der Waals surface area contributed by atoms with Gasteiger partial charge in [0.1, 0.15) is 0 Å². The minimum atomic E-state index is -4.02. The van der Waals surface area contributed by atoms with Crippen LogP contribution < -0.4 is 0 Å². The van der Waals surface area contributed by atoms with Gasteiger partial charge >= 0.3 is 6.18 Å². The van der Waals surface area contributed by atoms with Crippen LogP contribution in [0.4, 0.5) is 13.2 Å². The van der Waals surface area contributed by atoms with Gasteiger partial charge in [0.25, 0.3) is 0 Å². The van der Waals surface area contributed by atoms with Gasteiger partial charge in [0.2, 0.25) is 0 Å². The zero-order valence-corrected chi connectivity index (χ0v) is 39.5. The molecule has 5 aliphatic carbocycles. The van der Waals surface area contributed by atoms with Gasteiger partial charge < -0.3 is 0 Å². The normalized spacial score (nSPS) is 34.5. The average Bonchev–Trinajstić information content (AvgIpc) is 3.12. The van der Waals surface area contributed by atoms with Crippen molar-refractivity contribution in [3.05, 3.63) is 0 Å². The highest BCUT2D eigenvalue weighted by Gasteiger charge is 2.55. The predicted molar refractivity (Wildman–Crippen MR) is 235 cm³/mol. The van der Waals surface area contributed by atoms with E-state index in [0.29, 0.717) is 41.9 Å². The molecule has 0 bridgehead atoms. The van der Waals surface area contributed by atoms with Crippen LogP contribution in [0.25, 0.3) is 0 Å². The van der Waals surface area contributed by atoms with Crippen molar-refractivity contribution in [2.75, 3.05) is 0 Å². The molecule has 4 unspecified atom stereocenters. The highest BCUT2D eigenvalue weighted by molar-refractivity contribution is 4.93. The van der Waals surface area contributed by atoms with Crippen molar-refractivity contribution < 1.29 is 13.2 Å². The number of alkyl halides is 3. The second-order valence-corrected chi connectivity index (χ2v) is 22.3. The van der Waals surface area contributed by atoms with Gasteiger partial charge in [-0.15, -0.1) is 0 Å². The molecule has 0 N–H and O–H groups in total. The quantitative estimate of drug-likeness (QED) is 0.252. The van der Waals surface area contributed by atoms with Crippen LogP contribution in [0.3, 0.4) is 0 Å². The Morgan fingerprint density at radius 2 is 0.981 bits per heavy atom. The van der Waals surface area contributed by atoms with E-state index >= 15 is 0 Å². The van der Waals surface area contributed by atoms with E-state index in [-0.39, 0.29) is 11.8 Å². The van der Waals surface area contributed by atoms with Crippen molar-refractivity contribution in [2.45, 2.75) is 276 Å². The number of hydrogen-bond donors (Lipinski definition) is 0. The lowest BCUT2D eigenvalue weighted by Crippen LogP contribution is -2.42. The topological polar surface area (TPSA) is 0 Å². The summed E-state index contributed by atoms with van der Waals surface area (Å²) in [5.41, 5.74) is 1.52. The van der Waals surface area contributed by atoms with Gasteiger partial charge in [-0.2, -0.15) is 13.2 Å². The molecule has 0 nitrogen and oxygen atoms in total. The molecular formula is C51H99F3. The van der Waals surface area contributed by atoms with E-state index in [1.807, 2.05) is 0 Å². The van der Waals surface area contributed by atoms with Crippen LogP contribution in [0, 0.1) is 50.2 Å². The Morgan fingerprint density at radius 3 is 1.37 bits per heavy atom. The fourth-order valence-corrected chi connectivity index (χ4v) is 10.7. The second kappa shape index (κ2) is 23.4. The Kier molecular flexibility index (Phi) is 22.4. The maximum atomic E-state index is 12.8. The molecule has 5 fully saturated rings. The largest absolute Gasteiger partial charge is 0.394 e. The number of rotatable bonds is 6. The Bertz CT molecular complexity index is 945. The maximum absolute atomic E-state index is 12.8. The Balaban J connectivity index is 0.000000340. The molecule has 54 heavy (non-hydrogen) atoms. The molecule has 5 saturated carbocycles. The van der Waals surface area contributed by atoms with Gasteiger partial charge in [0.15, 0.2) is 0 Å². The van der Waals surface area contributed by atoms with E-state index in [9.17, 15) is 13.2 Å². The minimum absolute atomic E-state index is 0.101. The summed E-state index contributed by atoms with van der Waals surface area (Å²) >= 11 is 0. The summed E-state index contributed by atoms with van der Waals surface area (Å²) in [7, 11) is 0. The minimum Gasteiger partial charge on any atom is -0.171 e. The molecule has 0 aromatic rings. The van der Waals surface area contributed by atoms with Crippen LogP contribution in [0.2, 0.25) is 0 Å². The van der Waals surface area contributed by atoms with Crippen molar-refractivity contribution >= 4 is 0 Å². The molecule has 3 heteroatoms. The van der Waals surface area contributed by atoms with E-state index in [1.54, 1.807) is 6.92 Å². The fraction of sp³-hybridized carbons (Fsp3) is 1.00. The van der Waals surface area contributed by atoms with Crippen molar-refractivity contribution in [1.82, 2.24) is 0 Å². The van der Waals surface area contributed by atoms with Gasteiger partial charge in [-0.25, -0.2) is 0 Å². The summed E-state index contributed by atoms with van der Waals surface area (Å²) in [5, 5.41) is 0. The van der Waals surface area contributed by atoms with Gasteiger partial charge in [-0.3, -0.25) is 0 Å². The molecule has 5 aliphatic rings. The van der Waals surface area contributed by atoms with Crippen molar-refractivity contribution in [3.8, 4) is 0 Å². The molecule has 4 atom stereocenters. The van der Waals surface area contributed by atoms with Gasteiger partial charge in [-0.1, -0.05) is 187 Å². The zero-order valence-electron chi connectivity index (χ0n) is 39.5. The molecular weight excluding hydrogens is 670 g/mol. The summed E-state index contributed by atoms with van der Waals surface area (Å²) in [6, 6.07) is 0. The van der Waals surface area contributed by atoms with Crippen molar-refractivity contribution in [2.24, 2.45) is 50.2 Å². The summed E-state index contributed by atoms with van der Waals surface area (Å²) in [5.74, 6) is 2.95. The lowest BCUT2D eigenvalue weighted by molar-refractivity contribution is -0.241. The average molecular weight is 769 g/mol. The molecule has 0 aromatic carbocycles. The highest BCUT2D eigenvalue weighted by Crippen LogP contribution is 2.55. The first-order valence-corrected chi connectivity index (χ1v) is 24.1. The number of hydrogen-bond acceptors (Lipinski definition) is 0. The predicted octanol–water partition coefficient (Wildman–Crippen LogP) is 19.1. The van der Waals surface area contributed by atoms with Crippen molar-refractivity contribution in [1.29, 1.82) is 0 Å². The second-order valence-electron chi connectivity index (χ2n) is 22.3. The van der Waals surface area contributed by atoms with Gasteiger partial charge in [0.05, 0.1) is 5.41 Å². The summed E-state index contributed by atoms with van der Waals surface area (Å²) in [6.45, 7) is 32.1. The van der Waals surface area contributed by atoms with E-state index in [2.05, 4.69) is 90.0 Å². The highest BCUT2D eigenvalue weighted by atomic mass is 19.4. The van der Waals surface area contributed by atoms with Crippen LogP contribution in [0.15, 0.2) is 0 Å². The van der Waals surface area contributed by atoms with E-state index in [0.717, 1.165) is 23.2 Å². The molecule has 0 spiro atoms. The molecule has 0 radical (unpaired) electrons. The number of halogens is 3. The summed E-state index contributed by atoms with van der Waals surface area (Å²) in [6.07, 6.45) is 30.1. The standard InChI is InChI=1S/C11H19F3.4C10H20/c1-4-10(11(12,13)14)7-5-9(2,3)6-8-10;1-4-10(3)7-5-9(2)6-8-10;1-4-10(3)7-5-6-9(2)8-10;1-4-10(3)8-6-5-7-9(10)2;1-3-7-10(2)8-5-4-6-9-10/h4-8H2,1-3H3;3*9H,4-8H2,1-3H3;3-9H2,1-2H3. The molecule has 5 rings (SSSR count). The van der Waals surface area contributed by atoms with Crippen LogP contribution in [0.5, 0.6) is 0 Å². The van der Waals surface area contributed by atoms with Crippen LogP contribution in [0.1, 0.15) is 270 Å². The first-order chi connectivity index (χ1) is 25.0. The van der Waals surface area contributed by atoms with E-state index < -0.39 is 11.6 Å². The van der Waals surface area contributed by atoms with Crippen LogP contribution in [-0.4, -0.2) is 6.18 Å². The summed E-state index contributed by atoms with van der Waals surface area (Å²) in [4.78, 5) is 0. The SMILES string of the molecule is CCC1(C(F)(F)F)CCC(C)(C)CC1.CCC1(C)CCC(C)CC1.CCC1(C)CCCC(C)C1.CCC1(C)CCCCC1C.CCCC1(C)CCCCC1. The lowest BCUT2D eigenvalue weighted by atomic mass is 9.63. The molecule has 0 heterocycles. The molecule has 0 aromatic heterocycles. The molecule has 0 amide bonds. The van der Waals surface area contributed by atoms with Gasteiger partial charge in [-0.05, 0) is 128 Å². The first-order valence-electron chi connectivity index (χ1n) is 24.1. The van der Waals surface area contributed by atoms with E-state index in [4.69, 9.17) is 0 Å². The zero-order chi connectivity index (χ0) is 41.3.